The van der Waals surface area contributed by atoms with Crippen LogP contribution in [0.25, 0.3) is 0 Å². The van der Waals surface area contributed by atoms with E-state index in [0.29, 0.717) is 10.4 Å². The summed E-state index contributed by atoms with van der Waals surface area (Å²) in [4.78, 5) is 12.4. The summed E-state index contributed by atoms with van der Waals surface area (Å²) in [7, 11) is 0. The summed E-state index contributed by atoms with van der Waals surface area (Å²) < 4.78 is 14.5. The van der Waals surface area contributed by atoms with Crippen LogP contribution in [0.5, 0.6) is 0 Å². The monoisotopic (exact) mass is 347 g/mol. The Balaban J connectivity index is 1.87. The molecule has 2 unspecified atom stereocenters. The van der Waals surface area contributed by atoms with E-state index in [1.54, 1.807) is 6.07 Å². The van der Waals surface area contributed by atoms with Crippen LogP contribution in [0.2, 0.25) is 0 Å². The third-order valence-corrected chi connectivity index (χ3v) is 4.45. The lowest BCUT2D eigenvalue weighted by Crippen LogP contribution is -2.31. The first kappa shape index (κ1) is 14.3. The van der Waals surface area contributed by atoms with Gasteiger partial charge in [-0.05, 0) is 41.7 Å². The smallest absolute Gasteiger partial charge is 0.254 e. The molecule has 0 aliphatic heterocycles. The predicted molar refractivity (Wildman–Crippen MR) is 83.6 cm³/mol. The average Bonchev–Trinajstić information content (AvgIpc) is 2.78. The molecule has 1 aliphatic carbocycles. The van der Waals surface area contributed by atoms with Crippen LogP contribution in [0.15, 0.2) is 46.9 Å². The second-order valence-corrected chi connectivity index (χ2v) is 6.37. The van der Waals surface area contributed by atoms with E-state index in [2.05, 4.69) is 34.2 Å². The van der Waals surface area contributed by atoms with Crippen molar-refractivity contribution in [2.24, 2.45) is 5.92 Å². The number of halogens is 2. The molecule has 0 saturated carbocycles. The zero-order chi connectivity index (χ0) is 15.0. The van der Waals surface area contributed by atoms with Crippen molar-refractivity contribution < 1.29 is 9.18 Å². The summed E-state index contributed by atoms with van der Waals surface area (Å²) in [6.45, 7) is 2.10. The number of benzene rings is 2. The van der Waals surface area contributed by atoms with Gasteiger partial charge >= 0.3 is 0 Å². The molecule has 2 aromatic carbocycles. The number of hydrogen-bond donors (Lipinski definition) is 1. The first-order valence-electron chi connectivity index (χ1n) is 6.90. The Morgan fingerprint density at radius 3 is 2.86 bits per heavy atom. The molecule has 0 aromatic heterocycles. The van der Waals surface area contributed by atoms with Gasteiger partial charge in [0.05, 0.1) is 11.6 Å². The molecular formula is C17H15BrFNO. The maximum absolute atomic E-state index is 13.8. The fourth-order valence-electron chi connectivity index (χ4n) is 2.91. The molecule has 2 nitrogen and oxygen atoms in total. The fourth-order valence-corrected chi connectivity index (χ4v) is 3.27. The van der Waals surface area contributed by atoms with E-state index < -0.39 is 5.82 Å². The van der Waals surface area contributed by atoms with Crippen LogP contribution < -0.4 is 5.32 Å². The summed E-state index contributed by atoms with van der Waals surface area (Å²) in [5.41, 5.74) is 2.46. The van der Waals surface area contributed by atoms with E-state index in [4.69, 9.17) is 0 Å². The van der Waals surface area contributed by atoms with E-state index in [-0.39, 0.29) is 17.5 Å². The van der Waals surface area contributed by atoms with E-state index in [1.807, 2.05) is 18.2 Å². The molecule has 0 saturated heterocycles. The minimum absolute atomic E-state index is 0.0629. The maximum atomic E-state index is 13.8. The van der Waals surface area contributed by atoms with E-state index in [9.17, 15) is 9.18 Å². The molecule has 1 aliphatic rings. The molecule has 0 bridgehead atoms. The van der Waals surface area contributed by atoms with Crippen LogP contribution in [0.4, 0.5) is 4.39 Å². The van der Waals surface area contributed by atoms with E-state index in [0.717, 1.165) is 12.0 Å². The lowest BCUT2D eigenvalue weighted by molar-refractivity contribution is 0.0923. The largest absolute Gasteiger partial charge is 0.345 e. The van der Waals surface area contributed by atoms with Crippen molar-refractivity contribution in [2.45, 2.75) is 19.4 Å². The summed E-state index contributed by atoms with van der Waals surface area (Å²) in [5, 5.41) is 2.97. The van der Waals surface area contributed by atoms with Gasteiger partial charge in [-0.15, -0.1) is 0 Å². The SMILES string of the molecule is CC1Cc2ccccc2C1NC(=O)c1cc(Br)ccc1F. The number of hydrogen-bond acceptors (Lipinski definition) is 1. The van der Waals surface area contributed by atoms with Crippen LogP contribution in [-0.4, -0.2) is 5.91 Å². The minimum atomic E-state index is -0.505. The Kier molecular flexibility index (Phi) is 3.81. The number of rotatable bonds is 2. The Morgan fingerprint density at radius 1 is 1.29 bits per heavy atom. The van der Waals surface area contributed by atoms with Crippen molar-refractivity contribution in [2.75, 3.05) is 0 Å². The average molecular weight is 348 g/mol. The number of carbonyl (C=O) groups is 1. The van der Waals surface area contributed by atoms with Crippen LogP contribution in [-0.2, 0) is 6.42 Å². The number of fused-ring (bicyclic) bond motifs is 1. The van der Waals surface area contributed by atoms with Crippen molar-refractivity contribution >= 4 is 21.8 Å². The van der Waals surface area contributed by atoms with Gasteiger partial charge < -0.3 is 5.32 Å². The van der Waals surface area contributed by atoms with Crippen LogP contribution in [0.3, 0.4) is 0 Å². The van der Waals surface area contributed by atoms with Gasteiger partial charge in [0.25, 0.3) is 5.91 Å². The van der Waals surface area contributed by atoms with Crippen LogP contribution >= 0.6 is 15.9 Å². The minimum Gasteiger partial charge on any atom is -0.345 e. The molecule has 3 rings (SSSR count). The molecule has 1 amide bonds. The highest BCUT2D eigenvalue weighted by Crippen LogP contribution is 2.35. The Bertz CT molecular complexity index is 701. The van der Waals surface area contributed by atoms with E-state index >= 15 is 0 Å². The molecule has 2 atom stereocenters. The molecule has 4 heteroatoms. The summed E-state index contributed by atoms with van der Waals surface area (Å²) in [5.74, 6) is -0.571. The van der Waals surface area contributed by atoms with Gasteiger partial charge in [0.15, 0.2) is 0 Å². The first-order valence-corrected chi connectivity index (χ1v) is 7.69. The van der Waals surface area contributed by atoms with Gasteiger partial charge in [0.2, 0.25) is 0 Å². The number of nitrogens with one attached hydrogen (secondary N) is 1. The molecule has 0 spiro atoms. The Morgan fingerprint density at radius 2 is 2.05 bits per heavy atom. The van der Waals surface area contributed by atoms with Crippen molar-refractivity contribution in [1.82, 2.24) is 5.32 Å². The zero-order valence-corrected chi connectivity index (χ0v) is 13.2. The van der Waals surface area contributed by atoms with Crippen LogP contribution in [0.1, 0.15) is 34.5 Å². The fraction of sp³-hybridized carbons (Fsp3) is 0.235. The Hall–Kier alpha value is -1.68. The van der Waals surface area contributed by atoms with E-state index in [1.165, 1.54) is 17.7 Å². The highest BCUT2D eigenvalue weighted by Gasteiger charge is 2.30. The normalized spacial score (nSPS) is 20.1. The number of carbonyl (C=O) groups excluding carboxylic acids is 1. The molecule has 108 valence electrons. The molecular weight excluding hydrogens is 333 g/mol. The summed E-state index contributed by atoms with van der Waals surface area (Å²) in [6, 6.07) is 12.4. The van der Waals surface area contributed by atoms with Crippen molar-refractivity contribution in [3.05, 3.63) is 69.4 Å². The van der Waals surface area contributed by atoms with Gasteiger partial charge in [-0.3, -0.25) is 4.79 Å². The third-order valence-electron chi connectivity index (χ3n) is 3.96. The van der Waals surface area contributed by atoms with Gasteiger partial charge in [-0.2, -0.15) is 0 Å². The molecule has 21 heavy (non-hydrogen) atoms. The molecule has 0 heterocycles. The van der Waals surface area contributed by atoms with Gasteiger partial charge in [0, 0.05) is 4.47 Å². The third kappa shape index (κ3) is 2.72. The quantitative estimate of drug-likeness (QED) is 0.864. The number of amides is 1. The molecule has 0 fully saturated rings. The van der Waals surface area contributed by atoms with Gasteiger partial charge in [-0.25, -0.2) is 4.39 Å². The van der Waals surface area contributed by atoms with Crippen molar-refractivity contribution in [1.29, 1.82) is 0 Å². The van der Waals surface area contributed by atoms with Crippen molar-refractivity contribution in [3.63, 3.8) is 0 Å². The molecule has 1 N–H and O–H groups in total. The maximum Gasteiger partial charge on any atom is 0.254 e. The second kappa shape index (κ2) is 5.60. The first-order chi connectivity index (χ1) is 10.1. The Labute approximate surface area is 131 Å². The lowest BCUT2D eigenvalue weighted by Gasteiger charge is -2.19. The van der Waals surface area contributed by atoms with Crippen molar-refractivity contribution in [3.8, 4) is 0 Å². The molecule has 2 aromatic rings. The van der Waals surface area contributed by atoms with Gasteiger partial charge in [0.1, 0.15) is 5.82 Å². The highest BCUT2D eigenvalue weighted by molar-refractivity contribution is 9.10. The highest BCUT2D eigenvalue weighted by atomic mass is 79.9. The topological polar surface area (TPSA) is 29.1 Å². The lowest BCUT2D eigenvalue weighted by atomic mass is 10.0. The summed E-state index contributed by atoms with van der Waals surface area (Å²) in [6.07, 6.45) is 0.933. The summed E-state index contributed by atoms with van der Waals surface area (Å²) >= 11 is 3.27. The molecule has 0 radical (unpaired) electrons. The standard InChI is InChI=1S/C17H15BrFNO/c1-10-8-11-4-2-3-5-13(11)16(10)20-17(21)14-9-12(18)6-7-15(14)19/h2-7,9-10,16H,8H2,1H3,(H,20,21). The second-order valence-electron chi connectivity index (χ2n) is 5.46. The predicted octanol–water partition coefficient (Wildman–Crippen LogP) is 4.25. The van der Waals surface area contributed by atoms with Gasteiger partial charge in [-0.1, -0.05) is 47.1 Å². The van der Waals surface area contributed by atoms with Crippen LogP contribution in [0, 0.1) is 11.7 Å². The zero-order valence-electron chi connectivity index (χ0n) is 11.6.